The third-order valence-electron chi connectivity index (χ3n) is 4.43. The van der Waals surface area contributed by atoms with E-state index in [1.807, 2.05) is 6.07 Å². The predicted molar refractivity (Wildman–Crippen MR) is 92.8 cm³/mol. The fraction of sp³-hybridized carbons (Fsp3) is 0.400. The molecule has 22 heavy (non-hydrogen) atoms. The van der Waals surface area contributed by atoms with Gasteiger partial charge in [0.25, 0.3) is 0 Å². The maximum atomic E-state index is 6.25. The van der Waals surface area contributed by atoms with Crippen LogP contribution in [0.15, 0.2) is 42.5 Å². The number of aryl methyl sites for hydroxylation is 2. The number of benzene rings is 2. The van der Waals surface area contributed by atoms with Gasteiger partial charge in [-0.05, 0) is 49.8 Å². The fourth-order valence-corrected chi connectivity index (χ4v) is 3.19. The molecule has 1 heterocycles. The van der Waals surface area contributed by atoms with E-state index >= 15 is 0 Å². The van der Waals surface area contributed by atoms with E-state index in [4.69, 9.17) is 4.74 Å². The molecule has 2 aromatic carbocycles. The van der Waals surface area contributed by atoms with E-state index in [1.165, 1.54) is 41.6 Å². The van der Waals surface area contributed by atoms with Crippen LogP contribution in [-0.4, -0.2) is 13.1 Å². The molecular formula is C20H25NO. The molecule has 2 aromatic rings. The summed E-state index contributed by atoms with van der Waals surface area (Å²) in [5.41, 5.74) is 5.06. The van der Waals surface area contributed by atoms with Gasteiger partial charge in [-0.2, -0.15) is 0 Å². The molecule has 0 aliphatic carbocycles. The number of hydrogen-bond acceptors (Lipinski definition) is 2. The predicted octanol–water partition coefficient (Wildman–Crippen LogP) is 4.87. The second kappa shape index (κ2) is 6.87. The standard InChI is InChI=1S/C20H25NO/c1-16-11-12-17(2)20(19(16)21-13-7-4-8-14-21)22-15-18-9-5-3-6-10-18/h3,5-6,9-12H,4,7-8,13-15H2,1-2H3. The number of ether oxygens (including phenoxy) is 1. The molecule has 0 unspecified atom stereocenters. The molecule has 0 N–H and O–H groups in total. The quantitative estimate of drug-likeness (QED) is 0.797. The van der Waals surface area contributed by atoms with Crippen LogP contribution in [0.1, 0.15) is 36.0 Å². The van der Waals surface area contributed by atoms with Crippen molar-refractivity contribution in [2.45, 2.75) is 39.7 Å². The van der Waals surface area contributed by atoms with Crippen molar-refractivity contribution < 1.29 is 4.74 Å². The fourth-order valence-electron chi connectivity index (χ4n) is 3.19. The van der Waals surface area contributed by atoms with E-state index in [0.717, 1.165) is 18.8 Å². The molecule has 0 atom stereocenters. The Morgan fingerprint density at radius 1 is 0.864 bits per heavy atom. The summed E-state index contributed by atoms with van der Waals surface area (Å²) in [6, 6.07) is 14.8. The van der Waals surface area contributed by atoms with E-state index in [2.05, 4.69) is 55.1 Å². The van der Waals surface area contributed by atoms with Crippen LogP contribution in [0.3, 0.4) is 0 Å². The zero-order valence-electron chi connectivity index (χ0n) is 13.6. The summed E-state index contributed by atoms with van der Waals surface area (Å²) in [6.07, 6.45) is 3.92. The molecule has 0 bridgehead atoms. The first-order valence-corrected chi connectivity index (χ1v) is 8.27. The van der Waals surface area contributed by atoms with Gasteiger partial charge in [-0.3, -0.25) is 0 Å². The SMILES string of the molecule is Cc1ccc(C)c(N2CCCCC2)c1OCc1ccccc1. The van der Waals surface area contributed by atoms with Crippen LogP contribution in [0.4, 0.5) is 5.69 Å². The highest BCUT2D eigenvalue weighted by Gasteiger charge is 2.19. The Morgan fingerprint density at radius 3 is 2.27 bits per heavy atom. The molecule has 2 nitrogen and oxygen atoms in total. The smallest absolute Gasteiger partial charge is 0.146 e. The van der Waals surface area contributed by atoms with Crippen molar-refractivity contribution in [1.82, 2.24) is 0 Å². The van der Waals surface area contributed by atoms with Gasteiger partial charge in [-0.15, -0.1) is 0 Å². The van der Waals surface area contributed by atoms with Crippen LogP contribution in [0.5, 0.6) is 5.75 Å². The molecule has 1 fully saturated rings. The van der Waals surface area contributed by atoms with E-state index in [9.17, 15) is 0 Å². The maximum Gasteiger partial charge on any atom is 0.146 e. The zero-order valence-corrected chi connectivity index (χ0v) is 13.6. The molecule has 1 aliphatic heterocycles. The van der Waals surface area contributed by atoms with Crippen molar-refractivity contribution >= 4 is 5.69 Å². The number of anilines is 1. The van der Waals surface area contributed by atoms with Gasteiger partial charge < -0.3 is 9.64 Å². The van der Waals surface area contributed by atoms with Gasteiger partial charge in [-0.25, -0.2) is 0 Å². The third kappa shape index (κ3) is 3.27. The van der Waals surface area contributed by atoms with Crippen molar-refractivity contribution in [2.75, 3.05) is 18.0 Å². The second-order valence-corrected chi connectivity index (χ2v) is 6.20. The first-order valence-electron chi connectivity index (χ1n) is 8.27. The maximum absolute atomic E-state index is 6.25. The van der Waals surface area contributed by atoms with Crippen LogP contribution in [-0.2, 0) is 6.61 Å². The molecule has 3 rings (SSSR count). The Bertz CT molecular complexity index is 615. The van der Waals surface area contributed by atoms with Gasteiger partial charge in [0.05, 0.1) is 5.69 Å². The average Bonchev–Trinajstić information content (AvgIpc) is 2.57. The Labute approximate surface area is 133 Å². The number of hydrogen-bond donors (Lipinski definition) is 0. The summed E-state index contributed by atoms with van der Waals surface area (Å²) in [4.78, 5) is 2.51. The minimum absolute atomic E-state index is 0.631. The van der Waals surface area contributed by atoms with Gasteiger partial charge in [0.15, 0.2) is 0 Å². The molecule has 0 amide bonds. The number of nitrogens with zero attached hydrogens (tertiary/aromatic N) is 1. The Balaban J connectivity index is 1.86. The van der Waals surface area contributed by atoms with Crippen molar-refractivity contribution in [3.8, 4) is 5.75 Å². The Morgan fingerprint density at radius 2 is 1.55 bits per heavy atom. The molecule has 0 radical (unpaired) electrons. The lowest BCUT2D eigenvalue weighted by Gasteiger charge is -2.32. The lowest BCUT2D eigenvalue weighted by Crippen LogP contribution is -2.30. The molecular weight excluding hydrogens is 270 g/mol. The highest BCUT2D eigenvalue weighted by molar-refractivity contribution is 5.66. The van der Waals surface area contributed by atoms with Gasteiger partial charge in [-0.1, -0.05) is 42.5 Å². The molecule has 2 heteroatoms. The van der Waals surface area contributed by atoms with Gasteiger partial charge in [0.2, 0.25) is 0 Å². The monoisotopic (exact) mass is 295 g/mol. The largest absolute Gasteiger partial charge is 0.486 e. The molecule has 116 valence electrons. The number of rotatable bonds is 4. The van der Waals surface area contributed by atoms with Crippen LogP contribution < -0.4 is 9.64 Å². The topological polar surface area (TPSA) is 12.5 Å². The first-order chi connectivity index (χ1) is 10.8. The minimum atomic E-state index is 0.631. The molecule has 0 aromatic heterocycles. The summed E-state index contributed by atoms with van der Waals surface area (Å²) in [5, 5.41) is 0. The minimum Gasteiger partial charge on any atom is -0.486 e. The van der Waals surface area contributed by atoms with Crippen molar-refractivity contribution in [2.24, 2.45) is 0 Å². The molecule has 1 saturated heterocycles. The normalized spacial score (nSPS) is 14.9. The third-order valence-corrected chi connectivity index (χ3v) is 4.43. The van der Waals surface area contributed by atoms with Gasteiger partial charge in [0.1, 0.15) is 12.4 Å². The summed E-state index contributed by atoms with van der Waals surface area (Å²) in [6.45, 7) is 7.26. The molecule has 0 saturated carbocycles. The Kier molecular flexibility index (Phi) is 4.67. The van der Waals surface area contributed by atoms with Crippen LogP contribution >= 0.6 is 0 Å². The summed E-state index contributed by atoms with van der Waals surface area (Å²) in [5.74, 6) is 1.06. The van der Waals surface area contributed by atoms with Crippen LogP contribution in [0, 0.1) is 13.8 Å². The van der Waals surface area contributed by atoms with Crippen molar-refractivity contribution in [3.05, 3.63) is 59.2 Å². The van der Waals surface area contributed by atoms with Crippen molar-refractivity contribution in [1.29, 1.82) is 0 Å². The summed E-state index contributed by atoms with van der Waals surface area (Å²) >= 11 is 0. The highest BCUT2D eigenvalue weighted by atomic mass is 16.5. The van der Waals surface area contributed by atoms with E-state index in [0.29, 0.717) is 6.61 Å². The van der Waals surface area contributed by atoms with Crippen LogP contribution in [0.25, 0.3) is 0 Å². The van der Waals surface area contributed by atoms with Gasteiger partial charge in [0, 0.05) is 13.1 Å². The lowest BCUT2D eigenvalue weighted by molar-refractivity contribution is 0.303. The van der Waals surface area contributed by atoms with Crippen molar-refractivity contribution in [3.63, 3.8) is 0 Å². The Hall–Kier alpha value is -1.96. The second-order valence-electron chi connectivity index (χ2n) is 6.20. The van der Waals surface area contributed by atoms with E-state index in [-0.39, 0.29) is 0 Å². The zero-order chi connectivity index (χ0) is 15.4. The molecule has 0 spiro atoms. The average molecular weight is 295 g/mol. The summed E-state index contributed by atoms with van der Waals surface area (Å²) < 4.78 is 6.25. The number of piperidine rings is 1. The lowest BCUT2D eigenvalue weighted by atomic mass is 10.0. The van der Waals surface area contributed by atoms with E-state index < -0.39 is 0 Å². The highest BCUT2D eigenvalue weighted by Crippen LogP contribution is 2.37. The first kappa shape index (κ1) is 15.0. The van der Waals surface area contributed by atoms with E-state index in [1.54, 1.807) is 0 Å². The van der Waals surface area contributed by atoms with Crippen LogP contribution in [0.2, 0.25) is 0 Å². The summed E-state index contributed by atoms with van der Waals surface area (Å²) in [7, 11) is 0. The molecule has 1 aliphatic rings. The van der Waals surface area contributed by atoms with Gasteiger partial charge >= 0.3 is 0 Å².